The molecule has 2 saturated heterocycles. The topological polar surface area (TPSA) is 187 Å². The molecule has 4 amide bonds. The molecule has 2 aliphatic heterocycles. The van der Waals surface area contributed by atoms with Gasteiger partial charge in [-0.25, -0.2) is 11.0 Å². The molecule has 2 aliphatic rings. The monoisotopic (exact) mass is 652 g/mol. The SMILES string of the molecule is COc1ccc(C(=O)N2CC[C@@H](O)[C@@H]2C(=O)NO)cc1.COc1ccc(C(=O)N2CC[C@@H](O)[C@@H]2C(=O)NOCc2ccccc2)cc1.[HH]. The average Bonchev–Trinajstić information content (AvgIpc) is 3.70. The van der Waals surface area contributed by atoms with Crippen molar-refractivity contribution in [3.63, 3.8) is 0 Å². The molecular formula is C33H40N4O10. The summed E-state index contributed by atoms with van der Waals surface area (Å²) in [6.07, 6.45) is -1.30. The van der Waals surface area contributed by atoms with E-state index in [4.69, 9.17) is 19.5 Å². The van der Waals surface area contributed by atoms with Crippen molar-refractivity contribution in [2.45, 2.75) is 43.7 Å². The van der Waals surface area contributed by atoms with Gasteiger partial charge in [-0.1, -0.05) is 30.3 Å². The van der Waals surface area contributed by atoms with E-state index in [-0.39, 0.29) is 26.4 Å². The third kappa shape index (κ3) is 8.62. The lowest BCUT2D eigenvalue weighted by Gasteiger charge is -2.25. The van der Waals surface area contributed by atoms with Crippen molar-refractivity contribution in [2.75, 3.05) is 27.3 Å². The summed E-state index contributed by atoms with van der Waals surface area (Å²) in [5.41, 5.74) is 5.53. The van der Waals surface area contributed by atoms with Crippen LogP contribution in [0.4, 0.5) is 0 Å². The lowest BCUT2D eigenvalue weighted by Crippen LogP contribution is -2.50. The van der Waals surface area contributed by atoms with Crippen LogP contribution >= 0.6 is 0 Å². The third-order valence-electron chi connectivity index (χ3n) is 7.83. The number of aliphatic hydroxyl groups is 2. The molecule has 2 heterocycles. The molecular weight excluding hydrogens is 612 g/mol. The van der Waals surface area contributed by atoms with Crippen LogP contribution in [-0.4, -0.2) is 100 Å². The number of hydroxylamine groups is 2. The van der Waals surface area contributed by atoms with Gasteiger partial charge in [0.2, 0.25) is 0 Å². The second-order valence-corrected chi connectivity index (χ2v) is 10.8. The maximum absolute atomic E-state index is 12.8. The summed E-state index contributed by atoms with van der Waals surface area (Å²) in [6.45, 7) is 0.745. The number of carbonyl (C=O) groups is 4. The fourth-order valence-electron chi connectivity index (χ4n) is 5.33. The number of methoxy groups -OCH3 is 2. The second-order valence-electron chi connectivity index (χ2n) is 10.8. The van der Waals surface area contributed by atoms with Gasteiger partial charge in [-0.05, 0) is 66.9 Å². The Bertz CT molecular complexity index is 1510. The standard InChI is InChI=1S/C20H22N2O5.C13H16N2O5.H2/c1-26-16-9-7-15(8-10-16)20(25)22-12-11-17(23)18(22)19(24)21-27-13-14-5-3-2-4-6-14;1-20-9-4-2-8(3-5-9)13(18)15-7-6-10(16)11(15)12(17)14-19;/h2-10,17-18,23H,11-13H2,1H3,(H,21,24);2-5,10-11,16,19H,6-7H2,1H3,(H,14,17);1H/t17-,18-;10-,11-;/m11./s1. The number of carbonyl (C=O) groups excluding carboxylic acids is 4. The molecule has 14 nitrogen and oxygen atoms in total. The summed E-state index contributed by atoms with van der Waals surface area (Å²) in [5.74, 6) is -0.783. The fraction of sp³-hybridized carbons (Fsp3) is 0.333. The number of hydrogen-bond donors (Lipinski definition) is 5. The van der Waals surface area contributed by atoms with Gasteiger partial charge in [0.1, 0.15) is 23.6 Å². The third-order valence-corrected chi connectivity index (χ3v) is 7.83. The Kier molecular flexibility index (Phi) is 12.2. The zero-order valence-electron chi connectivity index (χ0n) is 25.9. The van der Waals surface area contributed by atoms with Gasteiger partial charge in [0, 0.05) is 25.6 Å². The number of ether oxygens (including phenoxy) is 2. The molecule has 2 fully saturated rings. The van der Waals surface area contributed by atoms with E-state index in [0.717, 1.165) is 5.56 Å². The van der Waals surface area contributed by atoms with Gasteiger partial charge in [-0.2, -0.15) is 0 Å². The first-order valence-corrected chi connectivity index (χ1v) is 14.8. The molecule has 0 bridgehead atoms. The van der Waals surface area contributed by atoms with Crippen molar-refractivity contribution in [1.82, 2.24) is 20.8 Å². The van der Waals surface area contributed by atoms with Crippen LogP contribution in [0, 0.1) is 0 Å². The van der Waals surface area contributed by atoms with Crippen molar-refractivity contribution in [3.05, 3.63) is 95.6 Å². The number of amides is 4. The lowest BCUT2D eigenvalue weighted by atomic mass is 10.1. The second kappa shape index (κ2) is 16.5. The first-order chi connectivity index (χ1) is 22.7. The van der Waals surface area contributed by atoms with Gasteiger partial charge >= 0.3 is 0 Å². The zero-order valence-corrected chi connectivity index (χ0v) is 25.9. The summed E-state index contributed by atoms with van der Waals surface area (Å²) in [5, 5.41) is 28.6. The van der Waals surface area contributed by atoms with Gasteiger partial charge in [-0.3, -0.25) is 29.2 Å². The van der Waals surface area contributed by atoms with Crippen LogP contribution in [0.2, 0.25) is 0 Å². The molecule has 3 aromatic carbocycles. The summed E-state index contributed by atoms with van der Waals surface area (Å²) in [6, 6.07) is 20.4. The highest BCUT2D eigenvalue weighted by Gasteiger charge is 2.42. The van der Waals surface area contributed by atoms with Crippen molar-refractivity contribution in [2.24, 2.45) is 0 Å². The van der Waals surface area contributed by atoms with Gasteiger partial charge in [0.05, 0.1) is 33.0 Å². The predicted molar refractivity (Wildman–Crippen MR) is 168 cm³/mol. The Morgan fingerprint density at radius 2 is 1.17 bits per heavy atom. The Hall–Kier alpha value is -5.02. The minimum Gasteiger partial charge on any atom is -0.497 e. The normalized spacial score (nSPS) is 20.1. The smallest absolute Gasteiger partial charge is 0.269 e. The Morgan fingerprint density at radius 3 is 1.60 bits per heavy atom. The molecule has 0 radical (unpaired) electrons. The van der Waals surface area contributed by atoms with E-state index in [1.54, 1.807) is 55.6 Å². The van der Waals surface area contributed by atoms with Gasteiger partial charge in [0.15, 0.2) is 0 Å². The highest BCUT2D eigenvalue weighted by molar-refractivity contribution is 5.99. The molecule has 47 heavy (non-hydrogen) atoms. The molecule has 252 valence electrons. The molecule has 0 unspecified atom stereocenters. The van der Waals surface area contributed by atoms with Crippen LogP contribution < -0.4 is 20.4 Å². The molecule has 14 heteroatoms. The maximum Gasteiger partial charge on any atom is 0.269 e. The number of benzene rings is 3. The predicted octanol–water partition coefficient (Wildman–Crippen LogP) is 1.54. The van der Waals surface area contributed by atoms with E-state index in [1.165, 1.54) is 22.4 Å². The van der Waals surface area contributed by atoms with E-state index in [1.807, 2.05) is 30.3 Å². The van der Waals surface area contributed by atoms with Gasteiger partial charge in [-0.15, -0.1) is 0 Å². The molecule has 0 spiro atoms. The van der Waals surface area contributed by atoms with E-state index >= 15 is 0 Å². The lowest BCUT2D eigenvalue weighted by molar-refractivity contribution is -0.141. The molecule has 0 aromatic heterocycles. The average molecular weight is 653 g/mol. The maximum atomic E-state index is 12.8. The number of hydrogen-bond acceptors (Lipinski definition) is 10. The van der Waals surface area contributed by atoms with Crippen LogP contribution in [0.15, 0.2) is 78.9 Å². The van der Waals surface area contributed by atoms with Crippen molar-refractivity contribution in [3.8, 4) is 11.5 Å². The number of likely N-dealkylation sites (tertiary alicyclic amines) is 2. The van der Waals surface area contributed by atoms with Gasteiger partial charge < -0.3 is 29.5 Å². The first-order valence-electron chi connectivity index (χ1n) is 14.8. The number of rotatable bonds is 9. The largest absolute Gasteiger partial charge is 0.497 e. The van der Waals surface area contributed by atoms with Crippen molar-refractivity contribution in [1.29, 1.82) is 0 Å². The highest BCUT2D eigenvalue weighted by atomic mass is 16.7. The molecule has 0 saturated carbocycles. The molecule has 0 aliphatic carbocycles. The summed E-state index contributed by atoms with van der Waals surface area (Å²) < 4.78 is 10.1. The Balaban J connectivity index is 0.000000266. The summed E-state index contributed by atoms with van der Waals surface area (Å²) >= 11 is 0. The molecule has 5 N–H and O–H groups in total. The fourth-order valence-corrected chi connectivity index (χ4v) is 5.33. The van der Waals surface area contributed by atoms with Crippen LogP contribution in [0.25, 0.3) is 0 Å². The summed E-state index contributed by atoms with van der Waals surface area (Å²) in [7, 11) is 3.07. The Labute approximate surface area is 272 Å². The Morgan fingerprint density at radius 1 is 0.723 bits per heavy atom. The van der Waals surface area contributed by atoms with Crippen LogP contribution in [0.1, 0.15) is 40.5 Å². The number of nitrogens with zero attached hydrogens (tertiary/aromatic N) is 2. The summed E-state index contributed by atoms with van der Waals surface area (Å²) in [4.78, 5) is 57.0. The minimum atomic E-state index is -1.07. The molecule has 4 atom stereocenters. The van der Waals surface area contributed by atoms with Crippen molar-refractivity contribution >= 4 is 23.6 Å². The zero-order chi connectivity index (χ0) is 33.9. The molecule has 5 rings (SSSR count). The van der Waals surface area contributed by atoms with E-state index in [9.17, 15) is 29.4 Å². The van der Waals surface area contributed by atoms with Crippen molar-refractivity contribution < 1.29 is 50.3 Å². The van der Waals surface area contributed by atoms with Gasteiger partial charge in [0.25, 0.3) is 23.6 Å². The van der Waals surface area contributed by atoms with E-state index in [0.29, 0.717) is 42.0 Å². The number of nitrogens with one attached hydrogen (secondary N) is 2. The molecule has 3 aromatic rings. The highest BCUT2D eigenvalue weighted by Crippen LogP contribution is 2.24. The van der Waals surface area contributed by atoms with E-state index in [2.05, 4.69) is 5.48 Å². The van der Waals surface area contributed by atoms with E-state index < -0.39 is 36.1 Å². The van der Waals surface area contributed by atoms with Crippen LogP contribution in [0.5, 0.6) is 11.5 Å². The minimum absolute atomic E-state index is 0. The van der Waals surface area contributed by atoms with Crippen LogP contribution in [-0.2, 0) is 21.0 Å². The van der Waals surface area contributed by atoms with Crippen LogP contribution in [0.3, 0.4) is 0 Å². The quantitative estimate of drug-likeness (QED) is 0.168. The first kappa shape index (κ1) is 34.8. The number of aliphatic hydroxyl groups excluding tert-OH is 2.